The summed E-state index contributed by atoms with van der Waals surface area (Å²) in [5.41, 5.74) is 1.10. The molecule has 0 saturated heterocycles. The predicted octanol–water partition coefficient (Wildman–Crippen LogP) is 1.95. The number of hydrogen-bond donors (Lipinski definition) is 1. The van der Waals surface area contributed by atoms with Gasteiger partial charge in [-0.25, -0.2) is 4.98 Å². The van der Waals surface area contributed by atoms with E-state index in [1.165, 1.54) is 30.6 Å². The Kier molecular flexibility index (Phi) is 3.46. The number of hydrogen-bond acceptors (Lipinski definition) is 5. The van der Waals surface area contributed by atoms with Gasteiger partial charge in [-0.15, -0.1) is 0 Å². The van der Waals surface area contributed by atoms with Gasteiger partial charge in [0.2, 0.25) is 0 Å². The second-order valence-electron chi connectivity index (χ2n) is 3.80. The van der Waals surface area contributed by atoms with Crippen LogP contribution in [0, 0.1) is 17.0 Å². The van der Waals surface area contributed by atoms with Crippen LogP contribution in [-0.4, -0.2) is 20.8 Å². The Labute approximate surface area is 108 Å². The first-order valence-corrected chi connectivity index (χ1v) is 5.41. The van der Waals surface area contributed by atoms with Gasteiger partial charge >= 0.3 is 0 Å². The van der Waals surface area contributed by atoms with Crippen molar-refractivity contribution in [2.45, 2.75) is 6.92 Å². The lowest BCUT2D eigenvalue weighted by Gasteiger charge is -2.04. The highest BCUT2D eigenvalue weighted by atomic mass is 16.6. The molecule has 1 heterocycles. The SMILES string of the molecule is Cc1cnc(C(=O)Nc2cccc([N+](=O)[O-])c2)cn1. The Morgan fingerprint density at radius 2 is 2.11 bits per heavy atom. The average Bonchev–Trinajstić information content (AvgIpc) is 2.39. The number of nitro benzene ring substituents is 1. The lowest BCUT2D eigenvalue weighted by atomic mass is 10.2. The molecule has 0 aliphatic carbocycles. The molecule has 0 fully saturated rings. The second kappa shape index (κ2) is 5.21. The maximum Gasteiger partial charge on any atom is 0.275 e. The predicted molar refractivity (Wildman–Crippen MR) is 67.8 cm³/mol. The number of nitrogens with one attached hydrogen (secondary N) is 1. The van der Waals surface area contributed by atoms with Crippen LogP contribution in [0.15, 0.2) is 36.7 Å². The van der Waals surface area contributed by atoms with Crippen LogP contribution in [0.25, 0.3) is 0 Å². The van der Waals surface area contributed by atoms with Crippen molar-refractivity contribution in [3.8, 4) is 0 Å². The minimum Gasteiger partial charge on any atom is -0.320 e. The molecule has 2 aromatic rings. The number of nitrogens with zero attached hydrogens (tertiary/aromatic N) is 3. The maximum atomic E-state index is 11.8. The largest absolute Gasteiger partial charge is 0.320 e. The number of carbonyl (C=O) groups is 1. The molecule has 0 unspecified atom stereocenters. The Morgan fingerprint density at radius 3 is 2.74 bits per heavy atom. The summed E-state index contributed by atoms with van der Waals surface area (Å²) in [7, 11) is 0. The van der Waals surface area contributed by atoms with Crippen LogP contribution in [0.2, 0.25) is 0 Å². The van der Waals surface area contributed by atoms with Crippen molar-refractivity contribution in [3.63, 3.8) is 0 Å². The molecular formula is C12H10N4O3. The number of rotatable bonds is 3. The molecule has 1 N–H and O–H groups in total. The molecule has 0 saturated carbocycles. The van der Waals surface area contributed by atoms with Crippen molar-refractivity contribution in [1.29, 1.82) is 0 Å². The van der Waals surface area contributed by atoms with E-state index in [-0.39, 0.29) is 11.4 Å². The summed E-state index contributed by atoms with van der Waals surface area (Å²) >= 11 is 0. The van der Waals surface area contributed by atoms with Crippen LogP contribution < -0.4 is 5.32 Å². The highest BCUT2D eigenvalue weighted by Crippen LogP contribution is 2.17. The molecule has 2 rings (SSSR count). The third-order valence-corrected chi connectivity index (χ3v) is 2.33. The van der Waals surface area contributed by atoms with E-state index >= 15 is 0 Å². The normalized spacial score (nSPS) is 9.95. The van der Waals surface area contributed by atoms with Crippen LogP contribution in [0.4, 0.5) is 11.4 Å². The summed E-state index contributed by atoms with van der Waals surface area (Å²) in [6.45, 7) is 1.76. The van der Waals surface area contributed by atoms with Crippen molar-refractivity contribution in [1.82, 2.24) is 9.97 Å². The van der Waals surface area contributed by atoms with Gasteiger partial charge in [-0.2, -0.15) is 0 Å². The van der Waals surface area contributed by atoms with Crippen molar-refractivity contribution < 1.29 is 9.72 Å². The van der Waals surface area contributed by atoms with E-state index in [4.69, 9.17) is 0 Å². The Hall–Kier alpha value is -2.83. The Morgan fingerprint density at radius 1 is 1.32 bits per heavy atom. The van der Waals surface area contributed by atoms with Gasteiger partial charge < -0.3 is 5.32 Å². The van der Waals surface area contributed by atoms with E-state index in [1.807, 2.05) is 0 Å². The van der Waals surface area contributed by atoms with E-state index in [0.717, 1.165) is 0 Å². The van der Waals surface area contributed by atoms with Crippen LogP contribution >= 0.6 is 0 Å². The zero-order valence-electron chi connectivity index (χ0n) is 10.0. The molecule has 0 aliphatic heterocycles. The van der Waals surface area contributed by atoms with Gasteiger partial charge in [0.25, 0.3) is 11.6 Å². The molecule has 96 valence electrons. The first-order valence-electron chi connectivity index (χ1n) is 5.41. The average molecular weight is 258 g/mol. The zero-order chi connectivity index (χ0) is 13.8. The number of anilines is 1. The number of non-ortho nitro benzene ring substituents is 1. The van der Waals surface area contributed by atoms with Crippen LogP contribution in [0.3, 0.4) is 0 Å². The lowest BCUT2D eigenvalue weighted by Crippen LogP contribution is -2.14. The topological polar surface area (TPSA) is 98.0 Å². The molecule has 0 bridgehead atoms. The van der Waals surface area contributed by atoms with E-state index in [9.17, 15) is 14.9 Å². The fraction of sp³-hybridized carbons (Fsp3) is 0.0833. The molecular weight excluding hydrogens is 248 g/mol. The van der Waals surface area contributed by atoms with Crippen molar-refractivity contribution in [2.24, 2.45) is 0 Å². The third-order valence-electron chi connectivity index (χ3n) is 2.33. The molecule has 1 amide bonds. The molecule has 0 radical (unpaired) electrons. The molecule has 19 heavy (non-hydrogen) atoms. The summed E-state index contributed by atoms with van der Waals surface area (Å²) in [4.78, 5) is 29.8. The highest BCUT2D eigenvalue weighted by Gasteiger charge is 2.10. The number of aromatic nitrogens is 2. The van der Waals surface area contributed by atoms with Gasteiger partial charge in [-0.3, -0.25) is 19.9 Å². The van der Waals surface area contributed by atoms with Crippen molar-refractivity contribution >= 4 is 17.3 Å². The first kappa shape index (κ1) is 12.6. The summed E-state index contributed by atoms with van der Waals surface area (Å²) in [5, 5.41) is 13.1. The van der Waals surface area contributed by atoms with Crippen LogP contribution in [-0.2, 0) is 0 Å². The molecule has 7 heteroatoms. The maximum absolute atomic E-state index is 11.8. The van der Waals surface area contributed by atoms with Crippen LogP contribution in [0.5, 0.6) is 0 Å². The standard InChI is InChI=1S/C12H10N4O3/c1-8-6-14-11(7-13-8)12(17)15-9-3-2-4-10(5-9)16(18)19/h2-7H,1H3,(H,15,17). The van der Waals surface area contributed by atoms with Crippen molar-refractivity contribution in [3.05, 3.63) is 58.2 Å². The quantitative estimate of drug-likeness (QED) is 0.670. The molecule has 0 spiro atoms. The third kappa shape index (κ3) is 3.09. The lowest BCUT2D eigenvalue weighted by molar-refractivity contribution is -0.384. The van der Waals surface area contributed by atoms with E-state index < -0.39 is 10.8 Å². The van der Waals surface area contributed by atoms with Gasteiger partial charge in [0.1, 0.15) is 5.69 Å². The molecule has 1 aromatic carbocycles. The molecule has 0 atom stereocenters. The Balaban J connectivity index is 2.17. The molecule has 0 aliphatic rings. The Bertz CT molecular complexity index is 625. The van der Waals surface area contributed by atoms with E-state index in [2.05, 4.69) is 15.3 Å². The summed E-state index contributed by atoms with van der Waals surface area (Å²) in [5.74, 6) is -0.465. The van der Waals surface area contributed by atoms with Crippen LogP contribution in [0.1, 0.15) is 16.2 Å². The minimum absolute atomic E-state index is 0.0900. The van der Waals surface area contributed by atoms with Gasteiger partial charge in [0.15, 0.2) is 0 Å². The monoisotopic (exact) mass is 258 g/mol. The zero-order valence-corrected chi connectivity index (χ0v) is 10.0. The second-order valence-corrected chi connectivity index (χ2v) is 3.80. The van der Waals surface area contributed by atoms with Gasteiger partial charge in [0.05, 0.1) is 16.8 Å². The molecule has 1 aromatic heterocycles. The fourth-order valence-corrected chi connectivity index (χ4v) is 1.40. The molecule has 7 nitrogen and oxygen atoms in total. The number of benzene rings is 1. The summed E-state index contributed by atoms with van der Waals surface area (Å²) < 4.78 is 0. The van der Waals surface area contributed by atoms with E-state index in [0.29, 0.717) is 11.4 Å². The number of carbonyl (C=O) groups excluding carboxylic acids is 1. The number of aryl methyl sites for hydroxylation is 1. The minimum atomic E-state index is -0.526. The van der Waals surface area contributed by atoms with Crippen molar-refractivity contribution in [2.75, 3.05) is 5.32 Å². The first-order chi connectivity index (χ1) is 9.06. The smallest absolute Gasteiger partial charge is 0.275 e. The summed E-state index contributed by atoms with van der Waals surface area (Å²) in [6.07, 6.45) is 2.82. The van der Waals surface area contributed by atoms with Gasteiger partial charge in [-0.05, 0) is 13.0 Å². The highest BCUT2D eigenvalue weighted by molar-refractivity contribution is 6.02. The van der Waals surface area contributed by atoms with Gasteiger partial charge in [0, 0.05) is 24.0 Å². The number of nitro groups is 1. The van der Waals surface area contributed by atoms with E-state index in [1.54, 1.807) is 13.0 Å². The van der Waals surface area contributed by atoms with Gasteiger partial charge in [-0.1, -0.05) is 6.07 Å². The number of amides is 1. The fourth-order valence-electron chi connectivity index (χ4n) is 1.40. The summed E-state index contributed by atoms with van der Waals surface area (Å²) in [6, 6.07) is 5.68.